The second kappa shape index (κ2) is 14.1. The summed E-state index contributed by atoms with van der Waals surface area (Å²) in [4.78, 5) is 19.3. The normalized spacial score (nSPS) is 37.2. The van der Waals surface area contributed by atoms with E-state index in [9.17, 15) is 4.79 Å². The standard InChI is InChI=1S/C30H56ClN7O2/c1-5-10-29(2)13-8-21(31)17-35-26(30(29)11-6-7-12-30)25(27(32)33)28(39)36-23-18-34-14-9-24(23)38-16-15-37(3)22(19-38)20-40-4/h8,13,21-27,34-35H,5-7,9-12,14-20,32-33H2,1-4H3,(H,36,39)/b13-8-/t21?,22?,23?,24?,25?,26?,29-/m1/s1. The number of amides is 1. The number of methoxy groups -OCH3 is 1. The highest BCUT2D eigenvalue weighted by Crippen LogP contribution is 2.58. The molecule has 1 amide bonds. The third kappa shape index (κ3) is 6.72. The van der Waals surface area contributed by atoms with E-state index >= 15 is 0 Å². The number of alkyl halides is 1. The maximum Gasteiger partial charge on any atom is 0.227 e. The summed E-state index contributed by atoms with van der Waals surface area (Å²) < 4.78 is 5.51. The smallest absolute Gasteiger partial charge is 0.227 e. The number of nitrogens with one attached hydrogen (secondary N) is 3. The van der Waals surface area contributed by atoms with Crippen LogP contribution in [0.5, 0.6) is 0 Å². The van der Waals surface area contributed by atoms with Gasteiger partial charge in [0.1, 0.15) is 0 Å². The van der Waals surface area contributed by atoms with E-state index in [4.69, 9.17) is 27.8 Å². The maximum atomic E-state index is 14.4. The van der Waals surface area contributed by atoms with Crippen molar-refractivity contribution in [3.8, 4) is 0 Å². The van der Waals surface area contributed by atoms with Gasteiger partial charge in [-0.15, -0.1) is 11.6 Å². The second-order valence-electron chi connectivity index (χ2n) is 13.2. The van der Waals surface area contributed by atoms with Crippen molar-refractivity contribution in [1.29, 1.82) is 0 Å². The Bertz CT molecular complexity index is 854. The summed E-state index contributed by atoms with van der Waals surface area (Å²) >= 11 is 6.71. The molecule has 1 spiro atoms. The third-order valence-corrected chi connectivity index (χ3v) is 11.0. The summed E-state index contributed by atoms with van der Waals surface area (Å²) in [7, 11) is 3.94. The van der Waals surface area contributed by atoms with Crippen molar-refractivity contribution in [3.63, 3.8) is 0 Å². The lowest BCUT2D eigenvalue weighted by Gasteiger charge is -2.54. The molecule has 230 valence electrons. The fourth-order valence-electron chi connectivity index (χ4n) is 8.45. The highest BCUT2D eigenvalue weighted by atomic mass is 35.5. The van der Waals surface area contributed by atoms with Gasteiger partial charge in [-0.25, -0.2) is 0 Å². The van der Waals surface area contributed by atoms with E-state index < -0.39 is 12.1 Å². The molecule has 0 aromatic heterocycles. The van der Waals surface area contributed by atoms with Gasteiger partial charge in [-0.3, -0.25) is 14.6 Å². The van der Waals surface area contributed by atoms with E-state index in [0.717, 1.165) is 77.7 Å². The molecule has 40 heavy (non-hydrogen) atoms. The average Bonchev–Trinajstić information content (AvgIpc) is 3.43. The first-order valence-electron chi connectivity index (χ1n) is 15.7. The zero-order valence-corrected chi connectivity index (χ0v) is 26.1. The van der Waals surface area contributed by atoms with Crippen LogP contribution >= 0.6 is 11.6 Å². The van der Waals surface area contributed by atoms with Gasteiger partial charge in [-0.05, 0) is 50.1 Å². The fraction of sp³-hybridized carbons (Fsp3) is 0.900. The first-order chi connectivity index (χ1) is 19.2. The number of nitrogens with two attached hydrogens (primary N) is 2. The Labute approximate surface area is 247 Å². The lowest BCUT2D eigenvalue weighted by molar-refractivity contribution is -0.131. The molecule has 7 atom stereocenters. The molecule has 0 aromatic rings. The van der Waals surface area contributed by atoms with Crippen LogP contribution < -0.4 is 27.4 Å². The van der Waals surface area contributed by atoms with Crippen molar-refractivity contribution in [3.05, 3.63) is 12.2 Å². The minimum absolute atomic E-state index is 0.00937. The van der Waals surface area contributed by atoms with Crippen LogP contribution in [0.2, 0.25) is 0 Å². The van der Waals surface area contributed by atoms with E-state index in [2.05, 4.69) is 58.8 Å². The van der Waals surface area contributed by atoms with Crippen LogP contribution in [0.3, 0.4) is 0 Å². The number of nitrogens with zero attached hydrogens (tertiary/aromatic N) is 2. The van der Waals surface area contributed by atoms with Crippen LogP contribution in [-0.4, -0.2) is 111 Å². The third-order valence-electron chi connectivity index (χ3n) is 10.7. The van der Waals surface area contributed by atoms with Crippen molar-refractivity contribution >= 4 is 17.5 Å². The number of allylic oxidation sites excluding steroid dienone is 1. The zero-order chi connectivity index (χ0) is 28.9. The summed E-state index contributed by atoms with van der Waals surface area (Å²) in [5.74, 6) is -0.587. The van der Waals surface area contributed by atoms with Crippen molar-refractivity contribution in [2.24, 2.45) is 28.2 Å². The molecule has 9 nitrogen and oxygen atoms in total. The van der Waals surface area contributed by atoms with Gasteiger partial charge in [0.05, 0.1) is 30.1 Å². The maximum absolute atomic E-state index is 14.4. The van der Waals surface area contributed by atoms with Crippen molar-refractivity contribution < 1.29 is 9.53 Å². The van der Waals surface area contributed by atoms with Gasteiger partial charge >= 0.3 is 0 Å². The quantitative estimate of drug-likeness (QED) is 0.158. The Morgan fingerprint density at radius 1 is 1.25 bits per heavy atom. The van der Waals surface area contributed by atoms with Gasteiger partial charge < -0.3 is 32.2 Å². The van der Waals surface area contributed by atoms with Gasteiger partial charge in [-0.1, -0.05) is 45.3 Å². The molecule has 6 unspecified atom stereocenters. The van der Waals surface area contributed by atoms with Crippen LogP contribution in [0, 0.1) is 16.7 Å². The monoisotopic (exact) mass is 581 g/mol. The fourth-order valence-corrected chi connectivity index (χ4v) is 8.61. The number of carbonyl (C=O) groups excluding carboxylic acids is 1. The van der Waals surface area contributed by atoms with Crippen LogP contribution in [0.15, 0.2) is 12.2 Å². The summed E-state index contributed by atoms with van der Waals surface area (Å²) in [6.07, 6.45) is 11.3. The molecule has 10 heteroatoms. The van der Waals surface area contributed by atoms with Gasteiger partial charge in [0.25, 0.3) is 0 Å². The summed E-state index contributed by atoms with van der Waals surface area (Å²) in [5.41, 5.74) is 12.9. The number of halogens is 1. The molecule has 1 saturated carbocycles. The molecule has 0 aromatic carbocycles. The van der Waals surface area contributed by atoms with Gasteiger partial charge in [0.15, 0.2) is 0 Å². The van der Waals surface area contributed by atoms with Gasteiger partial charge in [-0.2, -0.15) is 0 Å². The average molecular weight is 582 g/mol. The van der Waals surface area contributed by atoms with Crippen molar-refractivity contribution in [1.82, 2.24) is 25.8 Å². The molecular weight excluding hydrogens is 526 g/mol. The minimum atomic E-state index is -0.775. The number of carbonyl (C=O) groups is 1. The lowest BCUT2D eigenvalue weighted by Crippen LogP contribution is -2.68. The summed E-state index contributed by atoms with van der Waals surface area (Å²) in [5, 5.41) is 10.6. The Hall–Kier alpha value is -0.780. The zero-order valence-electron chi connectivity index (χ0n) is 25.3. The van der Waals surface area contributed by atoms with E-state index in [1.54, 1.807) is 7.11 Å². The summed E-state index contributed by atoms with van der Waals surface area (Å²) in [6, 6.07) is 0.454. The van der Waals surface area contributed by atoms with Crippen molar-refractivity contribution in [2.45, 2.75) is 94.5 Å². The molecule has 0 radical (unpaired) electrons. The molecule has 3 heterocycles. The predicted molar refractivity (Wildman–Crippen MR) is 163 cm³/mol. The first kappa shape index (κ1) is 32.1. The van der Waals surface area contributed by atoms with E-state index in [0.29, 0.717) is 19.2 Å². The molecule has 0 bridgehead atoms. The van der Waals surface area contributed by atoms with E-state index in [1.807, 2.05) is 0 Å². The second-order valence-corrected chi connectivity index (χ2v) is 13.7. The van der Waals surface area contributed by atoms with Gasteiger partial charge in [0.2, 0.25) is 5.91 Å². The van der Waals surface area contributed by atoms with E-state index in [-0.39, 0.29) is 40.2 Å². The summed E-state index contributed by atoms with van der Waals surface area (Å²) in [6.45, 7) is 10.5. The molecule has 1 aliphatic carbocycles. The van der Waals surface area contributed by atoms with Crippen LogP contribution in [0.25, 0.3) is 0 Å². The molecule has 4 aliphatic rings. The molecule has 3 fully saturated rings. The Kier molecular flexibility index (Phi) is 11.4. The van der Waals surface area contributed by atoms with Gasteiger partial charge in [0, 0.05) is 58.0 Å². The highest BCUT2D eigenvalue weighted by molar-refractivity contribution is 6.22. The largest absolute Gasteiger partial charge is 0.383 e. The number of rotatable bonds is 9. The topological polar surface area (TPSA) is 121 Å². The van der Waals surface area contributed by atoms with Crippen LogP contribution in [0.4, 0.5) is 0 Å². The SMILES string of the molecule is CCC[C@]1(C)/C=C\C(Cl)CNC(C(C(=O)NC2CNCCC2N2CCN(C)C(COC)C2)C(N)N)C12CCCC2. The lowest BCUT2D eigenvalue weighted by atomic mass is 9.54. The molecule has 2 saturated heterocycles. The molecule has 4 rings (SSSR count). The number of piperidine rings is 1. The van der Waals surface area contributed by atoms with Crippen LogP contribution in [0.1, 0.15) is 58.8 Å². The number of piperazine rings is 1. The molecule has 7 N–H and O–H groups in total. The number of ether oxygens (including phenoxy) is 1. The van der Waals surface area contributed by atoms with Crippen LogP contribution in [-0.2, 0) is 9.53 Å². The molecular formula is C30H56ClN7O2. The predicted octanol–water partition coefficient (Wildman–Crippen LogP) is 1.46. The first-order valence-corrected chi connectivity index (χ1v) is 16.1. The number of hydrogen-bond donors (Lipinski definition) is 5. The molecule has 3 aliphatic heterocycles. The Balaban J connectivity index is 1.59. The minimum Gasteiger partial charge on any atom is -0.383 e. The van der Waals surface area contributed by atoms with E-state index in [1.165, 1.54) is 0 Å². The Morgan fingerprint density at radius 3 is 2.67 bits per heavy atom. The highest BCUT2D eigenvalue weighted by Gasteiger charge is 2.57. The number of likely N-dealkylation sites (N-methyl/N-ethyl adjacent to an activating group) is 1. The number of hydrogen-bond acceptors (Lipinski definition) is 8. The van der Waals surface area contributed by atoms with Crippen molar-refractivity contribution in [2.75, 3.05) is 60.0 Å². The Morgan fingerprint density at radius 2 is 2.00 bits per heavy atom.